The highest BCUT2D eigenvalue weighted by Crippen LogP contribution is 2.22. The van der Waals surface area contributed by atoms with Crippen molar-refractivity contribution in [3.05, 3.63) is 12.7 Å². The van der Waals surface area contributed by atoms with Crippen LogP contribution >= 0.6 is 0 Å². The van der Waals surface area contributed by atoms with Crippen LogP contribution < -0.4 is 0 Å². The van der Waals surface area contributed by atoms with Crippen LogP contribution in [0.3, 0.4) is 0 Å². The minimum absolute atomic E-state index is 0.114. The lowest BCUT2D eigenvalue weighted by atomic mass is 9.97. The average Bonchev–Trinajstić information content (AvgIpc) is 2.44. The Morgan fingerprint density at radius 2 is 2.14 bits per heavy atom. The fraction of sp³-hybridized carbons (Fsp3) is 0.812. The molecule has 2 atom stereocenters. The molecule has 0 radical (unpaired) electrons. The van der Waals surface area contributed by atoms with Crippen LogP contribution in [0.2, 0.25) is 0 Å². The second kappa shape index (κ2) is 9.05. The maximum atomic E-state index is 12.2. The number of hydrogen-bond donors (Lipinski definition) is 1. The van der Waals surface area contributed by atoms with Crippen LogP contribution in [-0.2, 0) is 4.74 Å². The average molecular weight is 298 g/mol. The summed E-state index contributed by atoms with van der Waals surface area (Å²) >= 11 is 0. The SMILES string of the molecule is C=CCOC(=O)N1C[C@@H](CC(C)C)N(C)C[C@@H]1CCCO. The number of carbonyl (C=O) groups excluding carboxylic acids is 1. The predicted octanol–water partition coefficient (Wildman–Crippen LogP) is 2.11. The molecule has 0 spiro atoms. The van der Waals surface area contributed by atoms with Gasteiger partial charge in [-0.15, -0.1) is 0 Å². The molecular formula is C16H30N2O3. The van der Waals surface area contributed by atoms with E-state index >= 15 is 0 Å². The first-order valence-corrected chi connectivity index (χ1v) is 7.85. The standard InChI is InChI=1S/C16H30N2O3/c1-5-9-21-16(20)18-12-15(10-13(2)3)17(4)11-14(18)7-6-8-19/h5,13-15,19H,1,6-12H2,2-4H3/t14-,15+/m0/s1. The molecule has 0 aromatic heterocycles. The minimum atomic E-state index is -0.264. The number of amides is 1. The van der Waals surface area contributed by atoms with Crippen molar-refractivity contribution in [2.75, 3.05) is 33.4 Å². The van der Waals surface area contributed by atoms with Crippen molar-refractivity contribution < 1.29 is 14.6 Å². The van der Waals surface area contributed by atoms with E-state index in [2.05, 4.69) is 32.4 Å². The molecule has 1 heterocycles. The van der Waals surface area contributed by atoms with Gasteiger partial charge in [0.1, 0.15) is 6.61 Å². The summed E-state index contributed by atoms with van der Waals surface area (Å²) in [7, 11) is 2.12. The maximum Gasteiger partial charge on any atom is 0.410 e. The van der Waals surface area contributed by atoms with Crippen LogP contribution in [0, 0.1) is 5.92 Å². The van der Waals surface area contributed by atoms with Crippen LogP contribution in [0.1, 0.15) is 33.1 Å². The van der Waals surface area contributed by atoms with E-state index in [1.807, 2.05) is 4.90 Å². The number of likely N-dealkylation sites (N-methyl/N-ethyl adjacent to an activating group) is 1. The highest BCUT2D eigenvalue weighted by atomic mass is 16.6. The molecule has 5 nitrogen and oxygen atoms in total. The topological polar surface area (TPSA) is 53.0 Å². The summed E-state index contributed by atoms with van der Waals surface area (Å²) < 4.78 is 5.22. The molecule has 1 saturated heterocycles. The molecule has 1 aliphatic heterocycles. The third-order valence-electron chi connectivity index (χ3n) is 3.97. The lowest BCUT2D eigenvalue weighted by molar-refractivity contribution is 0.0221. The Hall–Kier alpha value is -1.07. The van der Waals surface area contributed by atoms with Gasteiger partial charge in [0.25, 0.3) is 0 Å². The number of aliphatic hydroxyl groups is 1. The van der Waals surface area contributed by atoms with Gasteiger partial charge in [0.05, 0.1) is 0 Å². The molecule has 0 bridgehead atoms. The molecule has 0 aromatic carbocycles. The molecule has 1 rings (SSSR count). The van der Waals surface area contributed by atoms with E-state index < -0.39 is 0 Å². The zero-order valence-corrected chi connectivity index (χ0v) is 13.6. The number of ether oxygens (including phenoxy) is 1. The number of nitrogens with zero attached hydrogens (tertiary/aromatic N) is 2. The zero-order chi connectivity index (χ0) is 15.8. The lowest BCUT2D eigenvalue weighted by Crippen LogP contribution is -2.59. The third kappa shape index (κ3) is 5.67. The number of carbonyl (C=O) groups is 1. The van der Waals surface area contributed by atoms with E-state index in [1.165, 1.54) is 0 Å². The summed E-state index contributed by atoms with van der Waals surface area (Å²) in [5, 5.41) is 9.04. The first-order chi connectivity index (χ1) is 9.99. The number of piperazine rings is 1. The highest BCUT2D eigenvalue weighted by Gasteiger charge is 2.35. The van der Waals surface area contributed by atoms with Crippen molar-refractivity contribution >= 4 is 6.09 Å². The monoisotopic (exact) mass is 298 g/mol. The fourth-order valence-corrected chi connectivity index (χ4v) is 2.90. The van der Waals surface area contributed by atoms with Crippen molar-refractivity contribution in [2.45, 2.75) is 45.2 Å². The molecule has 5 heteroatoms. The Morgan fingerprint density at radius 3 is 2.71 bits per heavy atom. The van der Waals surface area contributed by atoms with Gasteiger partial charge in [0.15, 0.2) is 0 Å². The Balaban J connectivity index is 2.73. The van der Waals surface area contributed by atoms with Gasteiger partial charge in [-0.1, -0.05) is 26.5 Å². The summed E-state index contributed by atoms with van der Waals surface area (Å²) in [4.78, 5) is 16.4. The van der Waals surface area contributed by atoms with E-state index in [4.69, 9.17) is 9.84 Å². The number of hydrogen-bond acceptors (Lipinski definition) is 4. The molecular weight excluding hydrogens is 268 g/mol. The highest BCUT2D eigenvalue weighted by molar-refractivity contribution is 5.68. The molecule has 0 saturated carbocycles. The second-order valence-electron chi connectivity index (χ2n) is 6.26. The Labute approximate surface area is 128 Å². The van der Waals surface area contributed by atoms with Crippen LogP contribution in [0.25, 0.3) is 0 Å². The Kier molecular flexibility index (Phi) is 7.75. The lowest BCUT2D eigenvalue weighted by Gasteiger charge is -2.45. The van der Waals surface area contributed by atoms with Gasteiger partial charge in [0, 0.05) is 31.8 Å². The normalized spacial score (nSPS) is 23.4. The largest absolute Gasteiger partial charge is 0.445 e. The van der Waals surface area contributed by atoms with Gasteiger partial charge >= 0.3 is 6.09 Å². The molecule has 0 unspecified atom stereocenters. The van der Waals surface area contributed by atoms with Gasteiger partial charge in [-0.05, 0) is 32.2 Å². The van der Waals surface area contributed by atoms with Crippen LogP contribution in [-0.4, -0.2) is 66.4 Å². The van der Waals surface area contributed by atoms with Crippen LogP contribution in [0.5, 0.6) is 0 Å². The minimum Gasteiger partial charge on any atom is -0.445 e. The van der Waals surface area contributed by atoms with Gasteiger partial charge in [0.2, 0.25) is 0 Å². The first kappa shape index (κ1) is 18.0. The molecule has 1 fully saturated rings. The molecule has 1 aliphatic rings. The molecule has 1 amide bonds. The zero-order valence-electron chi connectivity index (χ0n) is 13.6. The molecule has 1 N–H and O–H groups in total. The molecule has 0 aromatic rings. The van der Waals surface area contributed by atoms with E-state index in [9.17, 15) is 4.79 Å². The Bertz CT molecular complexity index is 333. The van der Waals surface area contributed by atoms with E-state index in [0.717, 1.165) is 19.4 Å². The molecule has 21 heavy (non-hydrogen) atoms. The van der Waals surface area contributed by atoms with Crippen molar-refractivity contribution in [3.8, 4) is 0 Å². The van der Waals surface area contributed by atoms with Gasteiger partial charge in [-0.2, -0.15) is 0 Å². The van der Waals surface area contributed by atoms with Gasteiger partial charge in [-0.3, -0.25) is 4.90 Å². The smallest absolute Gasteiger partial charge is 0.410 e. The number of aliphatic hydroxyl groups excluding tert-OH is 1. The summed E-state index contributed by atoms with van der Waals surface area (Å²) in [5.74, 6) is 0.595. The molecule has 122 valence electrons. The first-order valence-electron chi connectivity index (χ1n) is 7.85. The third-order valence-corrected chi connectivity index (χ3v) is 3.97. The second-order valence-corrected chi connectivity index (χ2v) is 6.26. The van der Waals surface area contributed by atoms with E-state index in [1.54, 1.807) is 6.08 Å². The number of rotatable bonds is 7. The Morgan fingerprint density at radius 1 is 1.43 bits per heavy atom. The maximum absolute atomic E-state index is 12.2. The van der Waals surface area contributed by atoms with Crippen LogP contribution in [0.15, 0.2) is 12.7 Å². The van der Waals surface area contributed by atoms with Crippen molar-refractivity contribution in [2.24, 2.45) is 5.92 Å². The van der Waals surface area contributed by atoms with Crippen LogP contribution in [0.4, 0.5) is 4.79 Å². The fourth-order valence-electron chi connectivity index (χ4n) is 2.90. The van der Waals surface area contributed by atoms with Gasteiger partial charge in [-0.25, -0.2) is 4.79 Å². The van der Waals surface area contributed by atoms with E-state index in [-0.39, 0.29) is 25.3 Å². The van der Waals surface area contributed by atoms with Crippen molar-refractivity contribution in [3.63, 3.8) is 0 Å². The summed E-state index contributed by atoms with van der Waals surface area (Å²) in [6, 6.07) is 0.481. The summed E-state index contributed by atoms with van der Waals surface area (Å²) in [6.45, 7) is 9.91. The van der Waals surface area contributed by atoms with Crippen molar-refractivity contribution in [1.82, 2.24) is 9.80 Å². The van der Waals surface area contributed by atoms with Gasteiger partial charge < -0.3 is 14.7 Å². The quantitative estimate of drug-likeness (QED) is 0.731. The summed E-state index contributed by atoms with van der Waals surface area (Å²) in [5.41, 5.74) is 0. The van der Waals surface area contributed by atoms with E-state index in [0.29, 0.717) is 24.9 Å². The summed E-state index contributed by atoms with van der Waals surface area (Å²) in [6.07, 6.45) is 3.90. The predicted molar refractivity (Wildman–Crippen MR) is 84.2 cm³/mol. The molecule has 0 aliphatic carbocycles. The van der Waals surface area contributed by atoms with Crippen molar-refractivity contribution in [1.29, 1.82) is 0 Å².